The van der Waals surface area contributed by atoms with E-state index in [9.17, 15) is 0 Å². The van der Waals surface area contributed by atoms with Crippen molar-refractivity contribution >= 4 is 48.7 Å². The first-order chi connectivity index (χ1) is 13.9. The molecule has 1 unspecified atom stereocenters. The Balaban J connectivity index is 0.00000181. The number of benzene rings is 5. The van der Waals surface area contributed by atoms with Crippen LogP contribution < -0.4 is 15.1 Å². The molecule has 0 fully saturated rings. The van der Waals surface area contributed by atoms with E-state index in [4.69, 9.17) is 4.52 Å². The van der Waals surface area contributed by atoms with Crippen molar-refractivity contribution in [3.63, 3.8) is 0 Å². The Kier molecular flexibility index (Phi) is 4.38. The summed E-state index contributed by atoms with van der Waals surface area (Å²) in [5.41, 5.74) is 2.55. The van der Waals surface area contributed by atoms with E-state index < -0.39 is 8.15 Å². The van der Waals surface area contributed by atoms with E-state index in [1.165, 1.54) is 43.3 Å². The zero-order chi connectivity index (χ0) is 18.5. The molecule has 1 atom stereocenters. The molecule has 0 amide bonds. The molecule has 29 heavy (non-hydrogen) atoms. The summed E-state index contributed by atoms with van der Waals surface area (Å²) in [7, 11) is -0.898. The van der Waals surface area contributed by atoms with Gasteiger partial charge in [0.15, 0.2) is 8.15 Å². The Hall–Kier alpha value is -3.09. The molecule has 0 saturated carbocycles. The molecule has 1 nitrogen and oxygen atoms in total. The lowest BCUT2D eigenvalue weighted by atomic mass is 9.93. The summed E-state index contributed by atoms with van der Waals surface area (Å²) in [6.45, 7) is 0. The highest BCUT2D eigenvalue weighted by molar-refractivity contribution is 7.69. The summed E-state index contributed by atoms with van der Waals surface area (Å²) in [4.78, 5) is 0. The van der Waals surface area contributed by atoms with Crippen LogP contribution in [0.5, 0.6) is 5.75 Å². The van der Waals surface area contributed by atoms with Gasteiger partial charge in [0.25, 0.3) is 0 Å². The molecule has 3 radical (unpaired) electrons. The molecular weight excluding hydrogens is 370 g/mol. The average molecular weight is 387 g/mol. The van der Waals surface area contributed by atoms with E-state index >= 15 is 0 Å². The lowest BCUT2D eigenvalue weighted by molar-refractivity contribution is 0.630. The molecule has 3 heteroatoms. The van der Waals surface area contributed by atoms with Gasteiger partial charge in [0.05, 0.1) is 0 Å². The van der Waals surface area contributed by atoms with Gasteiger partial charge in [0, 0.05) is 30.1 Å². The Labute approximate surface area is 173 Å². The topological polar surface area (TPSA) is 9.23 Å². The molecule has 1 aliphatic rings. The van der Waals surface area contributed by atoms with Crippen LogP contribution in [0.1, 0.15) is 0 Å². The fourth-order valence-electron chi connectivity index (χ4n) is 4.18. The van der Waals surface area contributed by atoms with Gasteiger partial charge in [0.1, 0.15) is 5.75 Å². The van der Waals surface area contributed by atoms with E-state index in [1.54, 1.807) is 0 Å². The van der Waals surface area contributed by atoms with Crippen molar-refractivity contribution in [3.8, 4) is 16.9 Å². The summed E-state index contributed by atoms with van der Waals surface area (Å²) >= 11 is 0. The summed E-state index contributed by atoms with van der Waals surface area (Å²) in [6, 6.07) is 36.7. The number of hydrogen-bond donors (Lipinski definition) is 0. The van der Waals surface area contributed by atoms with E-state index in [0.717, 1.165) is 5.75 Å². The smallest absolute Gasteiger partial charge is 0.151 e. The third-order valence-electron chi connectivity index (χ3n) is 5.45. The fraction of sp³-hybridized carbons (Fsp3) is 0. The van der Waals surface area contributed by atoms with Crippen LogP contribution in [0.3, 0.4) is 0 Å². The zero-order valence-corrected chi connectivity index (χ0v) is 16.6. The number of hydrogen-bond acceptors (Lipinski definition) is 1. The normalized spacial score (nSPS) is 14.6. The maximum Gasteiger partial charge on any atom is 0.151 e. The van der Waals surface area contributed by atoms with Gasteiger partial charge < -0.3 is 4.52 Å². The van der Waals surface area contributed by atoms with Gasteiger partial charge in [-0.25, -0.2) is 0 Å². The van der Waals surface area contributed by atoms with E-state index in [0.29, 0.717) is 0 Å². The molecule has 1 aliphatic heterocycles. The summed E-state index contributed by atoms with van der Waals surface area (Å²) in [6.07, 6.45) is 0. The predicted molar refractivity (Wildman–Crippen MR) is 126 cm³/mol. The highest BCUT2D eigenvalue weighted by atomic mass is 31.1. The van der Waals surface area contributed by atoms with Crippen LogP contribution in [0.2, 0.25) is 0 Å². The fourth-order valence-corrected chi connectivity index (χ4v) is 6.10. The second-order valence-corrected chi connectivity index (χ2v) is 8.83. The number of fused-ring (bicyclic) bond motifs is 7. The maximum atomic E-state index is 6.67. The van der Waals surface area contributed by atoms with E-state index in [1.807, 2.05) is 0 Å². The minimum absolute atomic E-state index is 0. The van der Waals surface area contributed by atoms with Crippen molar-refractivity contribution in [2.45, 2.75) is 0 Å². The van der Waals surface area contributed by atoms with Crippen molar-refractivity contribution in [3.05, 3.63) is 103 Å². The molecule has 1 heterocycles. The molecule has 135 valence electrons. The first-order valence-corrected chi connectivity index (χ1v) is 10.7. The van der Waals surface area contributed by atoms with Crippen LogP contribution in [0.4, 0.5) is 0 Å². The highest BCUT2D eigenvalue weighted by Crippen LogP contribution is 2.52. The third-order valence-corrected chi connectivity index (χ3v) is 7.40. The Morgan fingerprint density at radius 3 is 1.83 bits per heavy atom. The van der Waals surface area contributed by atoms with Gasteiger partial charge in [0.2, 0.25) is 0 Å². The standard InChI is InChI=1S/C26H17OP.B/c1-2-10-20(11-3-1)28-24-17-15-19-9-5-7-13-22(19)26(24)25-21-12-6-4-8-18(21)14-16-23(25)27-28;/h1-17H;. The van der Waals surface area contributed by atoms with E-state index in [2.05, 4.69) is 103 Å². The minimum Gasteiger partial charge on any atom is -0.464 e. The van der Waals surface area contributed by atoms with Crippen LogP contribution >= 0.6 is 8.15 Å². The molecule has 0 bridgehead atoms. The van der Waals surface area contributed by atoms with E-state index in [-0.39, 0.29) is 8.41 Å². The zero-order valence-electron chi connectivity index (χ0n) is 15.7. The molecular formula is C26H17BOP. The Morgan fingerprint density at radius 1 is 0.517 bits per heavy atom. The van der Waals surface area contributed by atoms with Crippen LogP contribution in [-0.4, -0.2) is 8.41 Å². The lowest BCUT2D eigenvalue weighted by Crippen LogP contribution is -2.21. The third kappa shape index (κ3) is 2.75. The summed E-state index contributed by atoms with van der Waals surface area (Å²) in [5, 5.41) is 7.60. The molecule has 6 rings (SSSR count). The monoisotopic (exact) mass is 387 g/mol. The second kappa shape index (κ2) is 7.06. The molecule has 0 aliphatic carbocycles. The lowest BCUT2D eigenvalue weighted by Gasteiger charge is -2.30. The average Bonchev–Trinajstić information content (AvgIpc) is 2.78. The quantitative estimate of drug-likeness (QED) is 0.253. The SMILES string of the molecule is [B].c1ccc(P2Oc3ccc4ccccc4c3-c3c2ccc2ccccc32)cc1. The first-order valence-electron chi connectivity index (χ1n) is 9.47. The predicted octanol–water partition coefficient (Wildman–Crippen LogP) is 6.02. The Morgan fingerprint density at radius 2 is 1.10 bits per heavy atom. The van der Waals surface area contributed by atoms with Crippen molar-refractivity contribution in [1.82, 2.24) is 0 Å². The molecule has 0 saturated heterocycles. The minimum atomic E-state index is -0.898. The largest absolute Gasteiger partial charge is 0.464 e. The van der Waals surface area contributed by atoms with Crippen molar-refractivity contribution < 1.29 is 4.52 Å². The molecule has 5 aromatic rings. The first kappa shape index (κ1) is 18.0. The van der Waals surface area contributed by atoms with Crippen LogP contribution in [0, 0.1) is 0 Å². The van der Waals surface area contributed by atoms with Gasteiger partial charge in [-0.05, 0) is 33.7 Å². The highest BCUT2D eigenvalue weighted by Gasteiger charge is 2.30. The van der Waals surface area contributed by atoms with Crippen molar-refractivity contribution in [2.75, 3.05) is 0 Å². The second-order valence-electron chi connectivity index (χ2n) is 7.06. The van der Waals surface area contributed by atoms with Crippen LogP contribution in [-0.2, 0) is 0 Å². The van der Waals surface area contributed by atoms with Gasteiger partial charge in [-0.2, -0.15) is 0 Å². The summed E-state index contributed by atoms with van der Waals surface area (Å²) in [5.74, 6) is 0.984. The van der Waals surface area contributed by atoms with Gasteiger partial charge in [-0.15, -0.1) is 0 Å². The van der Waals surface area contributed by atoms with Gasteiger partial charge >= 0.3 is 0 Å². The van der Waals surface area contributed by atoms with Gasteiger partial charge in [-0.3, -0.25) is 0 Å². The van der Waals surface area contributed by atoms with Crippen molar-refractivity contribution in [2.24, 2.45) is 0 Å². The maximum absolute atomic E-state index is 6.67. The van der Waals surface area contributed by atoms with Crippen molar-refractivity contribution in [1.29, 1.82) is 0 Å². The van der Waals surface area contributed by atoms with Crippen LogP contribution in [0.25, 0.3) is 32.7 Å². The number of rotatable bonds is 1. The molecule has 5 aromatic carbocycles. The molecule has 0 spiro atoms. The van der Waals surface area contributed by atoms with Crippen LogP contribution in [0.15, 0.2) is 103 Å². The molecule has 0 N–H and O–H groups in total. The Bertz CT molecular complexity index is 1350. The molecule has 0 aromatic heterocycles. The summed E-state index contributed by atoms with van der Waals surface area (Å²) < 4.78 is 6.67. The van der Waals surface area contributed by atoms with Gasteiger partial charge in [-0.1, -0.05) is 91.0 Å².